The molecule has 1 aromatic carbocycles. The summed E-state index contributed by atoms with van der Waals surface area (Å²) in [6, 6.07) is 4.46. The summed E-state index contributed by atoms with van der Waals surface area (Å²) in [5.74, 6) is -1.46. The van der Waals surface area contributed by atoms with Crippen LogP contribution in [0.3, 0.4) is 0 Å². The number of aliphatic carboxylic acids is 1. The minimum Gasteiger partial charge on any atom is -0.480 e. The minimum absolute atomic E-state index is 0.0641. The van der Waals surface area contributed by atoms with Gasteiger partial charge in [0.15, 0.2) is 9.84 Å². The van der Waals surface area contributed by atoms with E-state index in [1.165, 1.54) is 24.0 Å². The first-order chi connectivity index (χ1) is 10.6. The summed E-state index contributed by atoms with van der Waals surface area (Å²) < 4.78 is 23.5. The maximum absolute atomic E-state index is 12.9. The van der Waals surface area contributed by atoms with Crippen LogP contribution in [0.15, 0.2) is 23.1 Å². The van der Waals surface area contributed by atoms with Crippen molar-refractivity contribution in [1.82, 2.24) is 4.90 Å². The van der Waals surface area contributed by atoms with E-state index in [9.17, 15) is 23.1 Å². The molecule has 23 heavy (non-hydrogen) atoms. The molecule has 1 aromatic rings. The average Bonchev–Trinajstić information content (AvgIpc) is 2.88. The van der Waals surface area contributed by atoms with Crippen LogP contribution in [-0.4, -0.2) is 48.6 Å². The number of carboxylic acid groups (broad SMARTS) is 1. The molecule has 1 saturated heterocycles. The van der Waals surface area contributed by atoms with Crippen molar-refractivity contribution in [3.8, 4) is 0 Å². The van der Waals surface area contributed by atoms with E-state index in [-0.39, 0.29) is 10.5 Å². The smallest absolute Gasteiger partial charge is 0.329 e. The van der Waals surface area contributed by atoms with Crippen LogP contribution >= 0.6 is 0 Å². The second kappa shape index (κ2) is 5.96. The number of benzene rings is 1. The average molecular weight is 339 g/mol. The highest BCUT2D eigenvalue weighted by molar-refractivity contribution is 7.90. The number of carboxylic acids is 1. The van der Waals surface area contributed by atoms with Crippen LogP contribution in [0.1, 0.15) is 42.6 Å². The molecule has 1 fully saturated rings. The zero-order chi connectivity index (χ0) is 17.4. The van der Waals surface area contributed by atoms with Crippen LogP contribution in [0.25, 0.3) is 0 Å². The largest absolute Gasteiger partial charge is 0.480 e. The second-order valence-corrected chi connectivity index (χ2v) is 8.10. The zero-order valence-electron chi connectivity index (χ0n) is 13.5. The lowest BCUT2D eigenvalue weighted by Gasteiger charge is -2.31. The second-order valence-electron chi connectivity index (χ2n) is 6.08. The SMILES string of the molecule is CCc1ccc(S(C)(=O)=O)cc1C(=O)N1CCCC1(C)C(=O)O. The van der Waals surface area contributed by atoms with E-state index in [0.29, 0.717) is 31.4 Å². The van der Waals surface area contributed by atoms with Crippen molar-refractivity contribution in [2.45, 2.75) is 43.5 Å². The van der Waals surface area contributed by atoms with Gasteiger partial charge in [0.2, 0.25) is 0 Å². The Morgan fingerprint density at radius 1 is 1.35 bits per heavy atom. The maximum atomic E-state index is 12.9. The quantitative estimate of drug-likeness (QED) is 0.902. The molecule has 1 aliphatic rings. The van der Waals surface area contributed by atoms with Crippen LogP contribution in [0.4, 0.5) is 0 Å². The van der Waals surface area contributed by atoms with Gasteiger partial charge in [0.1, 0.15) is 5.54 Å². The number of carbonyl (C=O) groups is 2. The van der Waals surface area contributed by atoms with Crippen molar-refractivity contribution >= 4 is 21.7 Å². The first-order valence-electron chi connectivity index (χ1n) is 7.49. The molecule has 126 valence electrons. The fourth-order valence-corrected chi connectivity index (χ4v) is 3.60. The summed E-state index contributed by atoms with van der Waals surface area (Å²) in [5.41, 5.74) is -0.268. The molecule has 1 aliphatic heterocycles. The van der Waals surface area contributed by atoms with E-state index in [1.807, 2.05) is 6.92 Å². The minimum atomic E-state index is -3.44. The Balaban J connectivity index is 2.52. The predicted octanol–water partition coefficient (Wildman–Crippen LogP) is 1.73. The summed E-state index contributed by atoms with van der Waals surface area (Å²) in [5, 5.41) is 9.46. The van der Waals surface area contributed by atoms with E-state index >= 15 is 0 Å². The van der Waals surface area contributed by atoms with Gasteiger partial charge >= 0.3 is 5.97 Å². The number of carbonyl (C=O) groups excluding carboxylic acids is 1. The summed E-state index contributed by atoms with van der Waals surface area (Å²) >= 11 is 0. The van der Waals surface area contributed by atoms with E-state index < -0.39 is 27.3 Å². The monoisotopic (exact) mass is 339 g/mol. The Bertz CT molecular complexity index is 756. The van der Waals surface area contributed by atoms with Crippen molar-refractivity contribution in [3.05, 3.63) is 29.3 Å². The summed E-state index contributed by atoms with van der Waals surface area (Å²) in [6.45, 7) is 3.76. The molecule has 1 unspecified atom stereocenters. The molecular weight excluding hydrogens is 318 g/mol. The van der Waals surface area contributed by atoms with E-state index in [1.54, 1.807) is 6.07 Å². The molecule has 6 nitrogen and oxygen atoms in total. The Labute approximate surface area is 136 Å². The van der Waals surface area contributed by atoms with E-state index in [4.69, 9.17) is 0 Å². The Hall–Kier alpha value is -1.89. The maximum Gasteiger partial charge on any atom is 0.329 e. The molecule has 1 atom stereocenters. The molecule has 0 spiro atoms. The third kappa shape index (κ3) is 3.10. The molecule has 1 amide bonds. The van der Waals surface area contributed by atoms with Crippen LogP contribution < -0.4 is 0 Å². The van der Waals surface area contributed by atoms with E-state index in [0.717, 1.165) is 6.26 Å². The summed E-state index contributed by atoms with van der Waals surface area (Å²) in [4.78, 5) is 25.9. The first-order valence-corrected chi connectivity index (χ1v) is 9.38. The number of rotatable bonds is 4. The van der Waals surface area contributed by atoms with E-state index in [2.05, 4.69) is 0 Å². The van der Waals surface area contributed by atoms with Crippen LogP contribution in [0.2, 0.25) is 0 Å². The van der Waals surface area contributed by atoms with Crippen LogP contribution in [0.5, 0.6) is 0 Å². The molecule has 1 N–H and O–H groups in total. The summed E-state index contributed by atoms with van der Waals surface area (Å²) in [6.07, 6.45) is 2.64. The molecule has 2 rings (SSSR count). The number of likely N-dealkylation sites (tertiary alicyclic amines) is 1. The highest BCUT2D eigenvalue weighted by Crippen LogP contribution is 2.32. The lowest BCUT2D eigenvalue weighted by atomic mass is 9.97. The Morgan fingerprint density at radius 2 is 2.00 bits per heavy atom. The summed E-state index contributed by atoms with van der Waals surface area (Å²) in [7, 11) is -3.44. The van der Waals surface area contributed by atoms with Gasteiger partial charge in [0.05, 0.1) is 4.90 Å². The highest BCUT2D eigenvalue weighted by Gasteiger charge is 2.46. The standard InChI is InChI=1S/C16H21NO5S/c1-4-11-6-7-12(23(3,21)22)10-13(11)14(18)17-9-5-8-16(17,2)15(19)20/h6-7,10H,4-5,8-9H2,1-3H3,(H,19,20). The number of aryl methyl sites for hydroxylation is 1. The number of hydrogen-bond donors (Lipinski definition) is 1. The van der Waals surface area contributed by atoms with Gasteiger partial charge in [-0.3, -0.25) is 4.79 Å². The molecule has 1 heterocycles. The van der Waals surface area contributed by atoms with Crippen molar-refractivity contribution in [1.29, 1.82) is 0 Å². The Kier molecular flexibility index (Phi) is 4.52. The highest BCUT2D eigenvalue weighted by atomic mass is 32.2. The molecule has 0 aliphatic carbocycles. The fraction of sp³-hybridized carbons (Fsp3) is 0.500. The van der Waals surface area contributed by atoms with Gasteiger partial charge in [-0.25, -0.2) is 13.2 Å². The van der Waals surface area contributed by atoms with Crippen molar-refractivity contribution < 1.29 is 23.1 Å². The molecule has 0 aromatic heterocycles. The van der Waals surface area contributed by atoms with Gasteiger partial charge in [0.25, 0.3) is 5.91 Å². The molecular formula is C16H21NO5S. The van der Waals surface area contributed by atoms with Crippen molar-refractivity contribution in [2.75, 3.05) is 12.8 Å². The van der Waals surface area contributed by atoms with Gasteiger partial charge < -0.3 is 10.0 Å². The topological polar surface area (TPSA) is 91.8 Å². The predicted molar refractivity (Wildman–Crippen MR) is 85.2 cm³/mol. The van der Waals surface area contributed by atoms with Gasteiger partial charge in [-0.1, -0.05) is 13.0 Å². The lowest BCUT2D eigenvalue weighted by Crippen LogP contribution is -2.51. The number of sulfone groups is 1. The number of hydrogen-bond acceptors (Lipinski definition) is 4. The molecule has 0 radical (unpaired) electrons. The third-order valence-electron chi connectivity index (χ3n) is 4.47. The number of amides is 1. The van der Waals surface area contributed by atoms with Crippen molar-refractivity contribution in [2.24, 2.45) is 0 Å². The number of nitrogens with zero attached hydrogens (tertiary/aromatic N) is 1. The van der Waals surface area contributed by atoms with Gasteiger partial charge in [-0.2, -0.15) is 0 Å². The normalized spacial score (nSPS) is 21.4. The van der Waals surface area contributed by atoms with Gasteiger partial charge in [0, 0.05) is 18.4 Å². The van der Waals surface area contributed by atoms with Gasteiger partial charge in [-0.15, -0.1) is 0 Å². The first kappa shape index (κ1) is 17.5. The molecule has 0 bridgehead atoms. The van der Waals surface area contributed by atoms with Crippen LogP contribution in [0, 0.1) is 0 Å². The molecule has 0 saturated carbocycles. The van der Waals surface area contributed by atoms with Crippen molar-refractivity contribution in [3.63, 3.8) is 0 Å². The molecule has 7 heteroatoms. The van der Waals surface area contributed by atoms with Gasteiger partial charge in [-0.05, 0) is 43.9 Å². The van der Waals surface area contributed by atoms with Crippen LogP contribution in [-0.2, 0) is 21.1 Å². The Morgan fingerprint density at radius 3 is 2.52 bits per heavy atom. The zero-order valence-corrected chi connectivity index (χ0v) is 14.3. The lowest BCUT2D eigenvalue weighted by molar-refractivity contribution is -0.147. The fourth-order valence-electron chi connectivity index (χ4n) is 2.95. The third-order valence-corrected chi connectivity index (χ3v) is 5.58.